The number of pyridine rings is 1. The minimum Gasteiger partial charge on any atom is -0.384 e. The standard InChI is InChI=1S/C22H28N6O3.C2H6/c1-3-4-5-15(9-16-11-24-19(23)8-14(16)2)10-26-21(30)18-6-7-20-25-12-17(27-13-29)22(31)28(18)20;1-2/h8-9,11-13,18H,3-7,10H2,1-2H3,(H2,23,24)(H,26,30)(H,27,29);1-2H3/b15-9+;. The number of carbonyl (C=O) groups excluding carboxylic acids is 2. The zero-order valence-electron chi connectivity index (χ0n) is 19.9. The van der Waals surface area contributed by atoms with Gasteiger partial charge in [-0.3, -0.25) is 19.0 Å². The first-order valence-corrected chi connectivity index (χ1v) is 11.4. The number of aromatic nitrogens is 3. The monoisotopic (exact) mass is 454 g/mol. The van der Waals surface area contributed by atoms with Crippen LogP contribution in [0.2, 0.25) is 0 Å². The molecule has 4 N–H and O–H groups in total. The van der Waals surface area contributed by atoms with E-state index in [0.29, 0.717) is 37.4 Å². The van der Waals surface area contributed by atoms with Gasteiger partial charge in [-0.15, -0.1) is 0 Å². The molecule has 2 amide bonds. The quantitative estimate of drug-likeness (QED) is 0.499. The number of nitrogens with two attached hydrogens (primary N) is 1. The minimum absolute atomic E-state index is 0.0632. The van der Waals surface area contributed by atoms with Gasteiger partial charge in [0.15, 0.2) is 0 Å². The second kappa shape index (κ2) is 12.5. The summed E-state index contributed by atoms with van der Waals surface area (Å²) in [6.45, 7) is 8.47. The van der Waals surface area contributed by atoms with Crippen LogP contribution in [0.15, 0.2) is 28.8 Å². The Kier molecular flexibility index (Phi) is 9.78. The van der Waals surface area contributed by atoms with Gasteiger partial charge in [-0.2, -0.15) is 0 Å². The molecule has 9 nitrogen and oxygen atoms in total. The number of nitrogens with one attached hydrogen (secondary N) is 2. The number of nitrogens with zero attached hydrogens (tertiary/aromatic N) is 3. The Balaban J connectivity index is 0.00000187. The molecule has 1 aliphatic rings. The lowest BCUT2D eigenvalue weighted by atomic mass is 10.0. The van der Waals surface area contributed by atoms with Crippen LogP contribution in [0.1, 0.15) is 69.4 Å². The van der Waals surface area contributed by atoms with E-state index < -0.39 is 11.6 Å². The molecule has 178 valence electrons. The lowest BCUT2D eigenvalue weighted by Gasteiger charge is -2.16. The van der Waals surface area contributed by atoms with Crippen molar-refractivity contribution in [3.05, 3.63) is 51.3 Å². The van der Waals surface area contributed by atoms with E-state index >= 15 is 0 Å². The Hall–Kier alpha value is -3.49. The molecule has 0 aliphatic carbocycles. The van der Waals surface area contributed by atoms with Crippen LogP contribution in [0.3, 0.4) is 0 Å². The SMILES string of the molecule is CC.CCCC/C(=C\c1cnc(N)cc1C)CNC(=O)C1CCc2ncc(NC=O)c(=O)n21. The molecule has 0 spiro atoms. The maximum Gasteiger partial charge on any atom is 0.278 e. The van der Waals surface area contributed by atoms with E-state index in [1.165, 1.54) is 10.8 Å². The summed E-state index contributed by atoms with van der Waals surface area (Å²) in [4.78, 5) is 44.7. The van der Waals surface area contributed by atoms with Crippen LogP contribution in [0.5, 0.6) is 0 Å². The molecule has 0 bridgehead atoms. The predicted octanol–water partition coefficient (Wildman–Crippen LogP) is 3.00. The second-order valence-corrected chi connectivity index (χ2v) is 7.67. The number of amides is 2. The topological polar surface area (TPSA) is 132 Å². The van der Waals surface area contributed by atoms with Gasteiger partial charge in [-0.25, -0.2) is 9.97 Å². The maximum absolute atomic E-state index is 12.9. The van der Waals surface area contributed by atoms with E-state index in [2.05, 4.69) is 27.5 Å². The van der Waals surface area contributed by atoms with Crippen LogP contribution < -0.4 is 21.9 Å². The molecule has 0 radical (unpaired) electrons. The van der Waals surface area contributed by atoms with Crippen molar-refractivity contribution in [1.29, 1.82) is 0 Å². The van der Waals surface area contributed by atoms with Gasteiger partial charge in [-0.1, -0.05) is 38.8 Å². The van der Waals surface area contributed by atoms with Crippen LogP contribution in [-0.4, -0.2) is 33.4 Å². The molecule has 2 aromatic heterocycles. The Morgan fingerprint density at radius 2 is 2.06 bits per heavy atom. The fraction of sp³-hybridized carbons (Fsp3) is 0.458. The van der Waals surface area contributed by atoms with E-state index in [-0.39, 0.29) is 11.6 Å². The normalized spacial score (nSPS) is 14.7. The van der Waals surface area contributed by atoms with Crippen LogP contribution in [0.25, 0.3) is 6.08 Å². The van der Waals surface area contributed by atoms with Crippen LogP contribution in [-0.2, 0) is 16.0 Å². The van der Waals surface area contributed by atoms with Gasteiger partial charge in [0.25, 0.3) is 5.56 Å². The highest BCUT2D eigenvalue weighted by Crippen LogP contribution is 2.23. The molecule has 3 heterocycles. The molecule has 0 saturated heterocycles. The van der Waals surface area contributed by atoms with Gasteiger partial charge in [0.05, 0.1) is 6.20 Å². The van der Waals surface area contributed by atoms with E-state index in [9.17, 15) is 14.4 Å². The van der Waals surface area contributed by atoms with Gasteiger partial charge < -0.3 is 16.4 Å². The molecule has 1 unspecified atom stereocenters. The predicted molar refractivity (Wildman–Crippen MR) is 131 cm³/mol. The van der Waals surface area contributed by atoms with Crippen molar-refractivity contribution in [2.24, 2.45) is 0 Å². The van der Waals surface area contributed by atoms with Crippen molar-refractivity contribution in [3.63, 3.8) is 0 Å². The molecule has 2 aromatic rings. The summed E-state index contributed by atoms with van der Waals surface area (Å²) in [5, 5.41) is 5.32. The minimum atomic E-state index is -0.643. The van der Waals surface area contributed by atoms with Crippen LogP contribution >= 0.6 is 0 Å². The average molecular weight is 455 g/mol. The fourth-order valence-electron chi connectivity index (χ4n) is 3.71. The van der Waals surface area contributed by atoms with Crippen LogP contribution in [0, 0.1) is 6.92 Å². The van der Waals surface area contributed by atoms with E-state index in [0.717, 1.165) is 36.0 Å². The van der Waals surface area contributed by atoms with Gasteiger partial charge in [0.2, 0.25) is 12.3 Å². The number of rotatable bonds is 9. The van der Waals surface area contributed by atoms with Crippen molar-refractivity contribution in [3.8, 4) is 0 Å². The van der Waals surface area contributed by atoms with Crippen molar-refractivity contribution in [1.82, 2.24) is 19.9 Å². The molecule has 1 atom stereocenters. The summed E-state index contributed by atoms with van der Waals surface area (Å²) in [7, 11) is 0. The lowest BCUT2D eigenvalue weighted by molar-refractivity contribution is -0.124. The van der Waals surface area contributed by atoms with Gasteiger partial charge in [0, 0.05) is 19.2 Å². The molecule has 0 saturated carbocycles. The first-order chi connectivity index (χ1) is 15.9. The summed E-state index contributed by atoms with van der Waals surface area (Å²) in [5.74, 6) is 0.785. The van der Waals surface area contributed by atoms with Crippen molar-refractivity contribution < 1.29 is 9.59 Å². The summed E-state index contributed by atoms with van der Waals surface area (Å²) in [5.41, 5.74) is 8.45. The molecular weight excluding hydrogens is 420 g/mol. The van der Waals surface area contributed by atoms with Gasteiger partial charge >= 0.3 is 0 Å². The van der Waals surface area contributed by atoms with Gasteiger partial charge in [0.1, 0.15) is 23.4 Å². The smallest absolute Gasteiger partial charge is 0.278 e. The van der Waals surface area contributed by atoms with Gasteiger partial charge in [-0.05, 0) is 43.4 Å². The van der Waals surface area contributed by atoms with Crippen LogP contribution in [0.4, 0.5) is 11.5 Å². The van der Waals surface area contributed by atoms with Crippen molar-refractivity contribution >= 4 is 29.9 Å². The summed E-state index contributed by atoms with van der Waals surface area (Å²) in [6, 6.07) is 1.18. The highest BCUT2D eigenvalue weighted by molar-refractivity contribution is 5.81. The molecule has 1 aliphatic heterocycles. The Labute approximate surface area is 194 Å². The number of anilines is 2. The van der Waals surface area contributed by atoms with Crippen molar-refractivity contribution in [2.75, 3.05) is 17.6 Å². The molecule has 3 rings (SSSR count). The number of carbonyl (C=O) groups is 2. The fourth-order valence-corrected chi connectivity index (χ4v) is 3.71. The molecule has 0 aromatic carbocycles. The highest BCUT2D eigenvalue weighted by Gasteiger charge is 2.31. The van der Waals surface area contributed by atoms with Crippen molar-refractivity contribution in [2.45, 2.75) is 65.8 Å². The molecule has 9 heteroatoms. The third-order valence-corrected chi connectivity index (χ3v) is 5.41. The Morgan fingerprint density at radius 1 is 1.30 bits per heavy atom. The number of fused-ring (bicyclic) bond motifs is 1. The number of hydrogen-bond acceptors (Lipinski definition) is 6. The molecular formula is C24H34N6O3. The zero-order chi connectivity index (χ0) is 24.4. The number of aryl methyl sites for hydroxylation is 2. The summed E-state index contributed by atoms with van der Waals surface area (Å²) < 4.78 is 1.38. The second-order valence-electron chi connectivity index (χ2n) is 7.67. The summed E-state index contributed by atoms with van der Waals surface area (Å²) >= 11 is 0. The van der Waals surface area contributed by atoms with E-state index in [1.54, 1.807) is 6.20 Å². The zero-order valence-corrected chi connectivity index (χ0v) is 19.9. The third-order valence-electron chi connectivity index (χ3n) is 5.41. The number of nitrogen functional groups attached to an aromatic ring is 1. The third kappa shape index (κ3) is 6.50. The van der Waals surface area contributed by atoms with E-state index in [4.69, 9.17) is 5.73 Å². The lowest BCUT2D eigenvalue weighted by Crippen LogP contribution is -2.37. The maximum atomic E-state index is 12.9. The molecule has 0 fully saturated rings. The Bertz CT molecular complexity index is 1060. The Morgan fingerprint density at radius 3 is 2.73 bits per heavy atom. The van der Waals surface area contributed by atoms with E-state index in [1.807, 2.05) is 32.9 Å². The summed E-state index contributed by atoms with van der Waals surface area (Å²) in [6.07, 6.45) is 9.44. The highest BCUT2D eigenvalue weighted by atomic mass is 16.2. The number of hydrogen-bond donors (Lipinski definition) is 3. The first kappa shape index (κ1) is 25.8. The molecule has 33 heavy (non-hydrogen) atoms. The first-order valence-electron chi connectivity index (χ1n) is 11.4. The largest absolute Gasteiger partial charge is 0.384 e. The number of unbranched alkanes of at least 4 members (excludes halogenated alkanes) is 1. The average Bonchev–Trinajstić information content (AvgIpc) is 3.25.